The number of amides is 2. The summed E-state index contributed by atoms with van der Waals surface area (Å²) in [6.45, 7) is 5.95. The molecular weight excluding hydrogens is 308 g/mol. The predicted molar refractivity (Wildman–Crippen MR) is 89.5 cm³/mol. The zero-order valence-electron chi connectivity index (χ0n) is 14.5. The second kappa shape index (κ2) is 7.15. The van der Waals surface area contributed by atoms with E-state index in [-0.39, 0.29) is 23.5 Å². The molecule has 24 heavy (non-hydrogen) atoms. The summed E-state index contributed by atoms with van der Waals surface area (Å²) in [6, 6.07) is 3.52. The molecule has 1 aromatic rings. The number of aliphatic hydroxyl groups excluding tert-OH is 1. The molecule has 2 heterocycles. The van der Waals surface area contributed by atoms with E-state index >= 15 is 0 Å². The molecule has 0 bridgehead atoms. The Morgan fingerprint density at radius 3 is 3.04 bits per heavy atom. The molecule has 1 aliphatic heterocycles. The van der Waals surface area contributed by atoms with Crippen LogP contribution in [0.25, 0.3) is 0 Å². The normalized spacial score (nSPS) is 27.9. The van der Waals surface area contributed by atoms with Crippen LogP contribution in [0.2, 0.25) is 0 Å². The molecule has 2 N–H and O–H groups in total. The van der Waals surface area contributed by atoms with Gasteiger partial charge in [0.25, 0.3) is 0 Å². The minimum absolute atomic E-state index is 0.0464. The van der Waals surface area contributed by atoms with E-state index in [2.05, 4.69) is 19.2 Å². The Hall–Kier alpha value is -1.53. The number of ether oxygens (including phenoxy) is 1. The molecule has 6 heteroatoms. The molecule has 1 saturated carbocycles. The third-order valence-electron chi connectivity index (χ3n) is 5.41. The van der Waals surface area contributed by atoms with Crippen LogP contribution in [0, 0.1) is 5.41 Å². The van der Waals surface area contributed by atoms with Crippen LogP contribution in [0.15, 0.2) is 22.8 Å². The number of carbonyl (C=O) groups excluding carboxylic acids is 1. The van der Waals surface area contributed by atoms with E-state index in [1.54, 1.807) is 18.4 Å². The summed E-state index contributed by atoms with van der Waals surface area (Å²) in [7, 11) is 0. The Kier molecular flexibility index (Phi) is 5.15. The van der Waals surface area contributed by atoms with Crippen LogP contribution in [-0.2, 0) is 4.74 Å². The molecule has 6 nitrogen and oxygen atoms in total. The number of nitrogens with one attached hydrogen (secondary N) is 1. The Morgan fingerprint density at radius 1 is 1.54 bits per heavy atom. The van der Waals surface area contributed by atoms with Gasteiger partial charge in [0.05, 0.1) is 25.5 Å². The molecule has 3 unspecified atom stereocenters. The quantitative estimate of drug-likeness (QED) is 0.886. The van der Waals surface area contributed by atoms with E-state index < -0.39 is 6.10 Å². The van der Waals surface area contributed by atoms with Crippen molar-refractivity contribution in [2.75, 3.05) is 19.8 Å². The highest BCUT2D eigenvalue weighted by Gasteiger charge is 2.38. The fourth-order valence-corrected chi connectivity index (χ4v) is 3.80. The number of aliphatic hydroxyl groups is 1. The summed E-state index contributed by atoms with van der Waals surface area (Å²) in [6.07, 6.45) is 4.55. The molecule has 134 valence electrons. The van der Waals surface area contributed by atoms with Crippen molar-refractivity contribution >= 4 is 6.03 Å². The largest absolute Gasteiger partial charge is 0.467 e. The van der Waals surface area contributed by atoms with Crippen LogP contribution in [-0.4, -0.2) is 47.9 Å². The monoisotopic (exact) mass is 336 g/mol. The van der Waals surface area contributed by atoms with Gasteiger partial charge in [-0.05, 0) is 30.4 Å². The number of hydrogen-bond acceptors (Lipinski definition) is 4. The summed E-state index contributed by atoms with van der Waals surface area (Å²) >= 11 is 0. The smallest absolute Gasteiger partial charge is 0.318 e. The summed E-state index contributed by atoms with van der Waals surface area (Å²) in [5.41, 5.74) is 0.144. The summed E-state index contributed by atoms with van der Waals surface area (Å²) in [5, 5.41) is 13.5. The lowest BCUT2D eigenvalue weighted by Gasteiger charge is -2.38. The van der Waals surface area contributed by atoms with Gasteiger partial charge in [0, 0.05) is 19.0 Å². The predicted octanol–water partition coefficient (Wildman–Crippen LogP) is 2.69. The maximum Gasteiger partial charge on any atom is 0.318 e. The Balaban J connectivity index is 1.62. The van der Waals surface area contributed by atoms with Gasteiger partial charge in [-0.2, -0.15) is 0 Å². The average molecular weight is 336 g/mol. The lowest BCUT2D eigenvalue weighted by molar-refractivity contribution is -0.0107. The zero-order chi connectivity index (χ0) is 17.2. The molecule has 2 amide bonds. The summed E-state index contributed by atoms with van der Waals surface area (Å²) < 4.78 is 10.8. The van der Waals surface area contributed by atoms with Crippen LogP contribution in [0.4, 0.5) is 4.79 Å². The second-order valence-electron chi connectivity index (χ2n) is 7.57. The third-order valence-corrected chi connectivity index (χ3v) is 5.41. The lowest BCUT2D eigenvalue weighted by Crippen LogP contribution is -2.56. The SMILES string of the molecule is CC1(C)CCCC1NC(=O)N1CCOCC1CC(O)c1ccco1. The maximum atomic E-state index is 12.8. The van der Waals surface area contributed by atoms with E-state index in [1.165, 1.54) is 0 Å². The molecule has 3 rings (SSSR count). The Morgan fingerprint density at radius 2 is 2.38 bits per heavy atom. The molecule has 0 spiro atoms. The van der Waals surface area contributed by atoms with Gasteiger partial charge in [0.1, 0.15) is 11.9 Å². The van der Waals surface area contributed by atoms with Crippen molar-refractivity contribution in [3.63, 3.8) is 0 Å². The number of carbonyl (C=O) groups is 1. The van der Waals surface area contributed by atoms with Crippen LogP contribution in [0.1, 0.15) is 51.4 Å². The summed E-state index contributed by atoms with van der Waals surface area (Å²) in [4.78, 5) is 14.6. The maximum absolute atomic E-state index is 12.8. The third kappa shape index (κ3) is 3.75. The van der Waals surface area contributed by atoms with Crippen LogP contribution >= 0.6 is 0 Å². The van der Waals surface area contributed by atoms with Gasteiger partial charge in [-0.15, -0.1) is 0 Å². The number of hydrogen-bond donors (Lipinski definition) is 2. The Labute approximate surface area is 143 Å². The highest BCUT2D eigenvalue weighted by Crippen LogP contribution is 2.37. The number of furan rings is 1. The van der Waals surface area contributed by atoms with E-state index in [4.69, 9.17) is 9.15 Å². The van der Waals surface area contributed by atoms with Crippen molar-refractivity contribution in [2.45, 2.75) is 57.7 Å². The minimum atomic E-state index is -0.732. The van der Waals surface area contributed by atoms with Crippen molar-refractivity contribution in [1.82, 2.24) is 10.2 Å². The molecule has 1 aromatic heterocycles. The van der Waals surface area contributed by atoms with Crippen LogP contribution in [0.5, 0.6) is 0 Å². The zero-order valence-corrected chi connectivity index (χ0v) is 14.5. The van der Waals surface area contributed by atoms with E-state index in [9.17, 15) is 9.90 Å². The van der Waals surface area contributed by atoms with Crippen LogP contribution < -0.4 is 5.32 Å². The van der Waals surface area contributed by atoms with Gasteiger partial charge in [0.2, 0.25) is 0 Å². The highest BCUT2D eigenvalue weighted by atomic mass is 16.5. The number of urea groups is 1. The van der Waals surface area contributed by atoms with Gasteiger partial charge in [-0.25, -0.2) is 4.79 Å². The van der Waals surface area contributed by atoms with Gasteiger partial charge in [-0.1, -0.05) is 20.3 Å². The van der Waals surface area contributed by atoms with Gasteiger partial charge < -0.3 is 24.5 Å². The molecular formula is C18H28N2O4. The van der Waals surface area contributed by atoms with Crippen molar-refractivity contribution < 1.29 is 19.1 Å². The molecule has 1 saturated heterocycles. The van der Waals surface area contributed by atoms with Crippen molar-refractivity contribution in [2.24, 2.45) is 5.41 Å². The fourth-order valence-electron chi connectivity index (χ4n) is 3.80. The molecule has 3 atom stereocenters. The number of nitrogens with zero attached hydrogens (tertiary/aromatic N) is 1. The topological polar surface area (TPSA) is 74.9 Å². The molecule has 0 radical (unpaired) electrons. The first-order valence-electron chi connectivity index (χ1n) is 8.84. The fraction of sp³-hybridized carbons (Fsp3) is 0.722. The van der Waals surface area contributed by atoms with E-state index in [0.29, 0.717) is 31.9 Å². The summed E-state index contributed by atoms with van der Waals surface area (Å²) in [5.74, 6) is 0.526. The molecule has 0 aromatic carbocycles. The molecule has 1 aliphatic carbocycles. The van der Waals surface area contributed by atoms with Crippen molar-refractivity contribution in [1.29, 1.82) is 0 Å². The molecule has 2 fully saturated rings. The van der Waals surface area contributed by atoms with Crippen molar-refractivity contribution in [3.05, 3.63) is 24.2 Å². The Bertz CT molecular complexity index is 543. The van der Waals surface area contributed by atoms with Crippen LogP contribution in [0.3, 0.4) is 0 Å². The first kappa shape index (κ1) is 17.3. The number of rotatable bonds is 4. The number of morpholine rings is 1. The average Bonchev–Trinajstić information content (AvgIpc) is 3.18. The van der Waals surface area contributed by atoms with E-state index in [1.807, 2.05) is 4.90 Å². The first-order chi connectivity index (χ1) is 11.5. The van der Waals surface area contributed by atoms with E-state index in [0.717, 1.165) is 19.3 Å². The van der Waals surface area contributed by atoms with Gasteiger partial charge in [0.15, 0.2) is 0 Å². The minimum Gasteiger partial charge on any atom is -0.467 e. The highest BCUT2D eigenvalue weighted by molar-refractivity contribution is 5.75. The van der Waals surface area contributed by atoms with Gasteiger partial charge >= 0.3 is 6.03 Å². The van der Waals surface area contributed by atoms with Crippen molar-refractivity contribution in [3.8, 4) is 0 Å². The lowest BCUT2D eigenvalue weighted by atomic mass is 9.87. The first-order valence-corrected chi connectivity index (χ1v) is 8.84. The standard InChI is InChI=1S/C18H28N2O4/c1-18(2)7-3-6-16(18)19-17(22)20-8-10-23-12-13(20)11-14(21)15-5-4-9-24-15/h4-5,9,13-14,16,21H,3,6-8,10-12H2,1-2H3,(H,19,22). The molecule has 2 aliphatic rings. The van der Waals surface area contributed by atoms with Gasteiger partial charge in [-0.3, -0.25) is 0 Å². The second-order valence-corrected chi connectivity index (χ2v) is 7.57.